The third kappa shape index (κ3) is 6.39. The molecule has 1 aliphatic rings. The van der Waals surface area contributed by atoms with Crippen LogP contribution in [-0.2, 0) is 20.9 Å². The monoisotopic (exact) mass is 454 g/mol. The highest BCUT2D eigenvalue weighted by molar-refractivity contribution is 6.28. The fourth-order valence-corrected chi connectivity index (χ4v) is 3.21. The van der Waals surface area contributed by atoms with Gasteiger partial charge < -0.3 is 19.3 Å². The zero-order valence-electron chi connectivity index (χ0n) is 17.6. The number of nitriles is 1. The number of nitro groups is 1. The van der Waals surface area contributed by atoms with E-state index in [2.05, 4.69) is 9.97 Å². The summed E-state index contributed by atoms with van der Waals surface area (Å²) in [6, 6.07) is 1.44. The van der Waals surface area contributed by atoms with Gasteiger partial charge in [-0.3, -0.25) is 14.9 Å². The maximum absolute atomic E-state index is 12.5. The van der Waals surface area contributed by atoms with Crippen LogP contribution in [0, 0.1) is 21.4 Å². The smallest absolute Gasteiger partial charge is 0.410 e. The molecule has 1 atom stereocenters. The van der Waals surface area contributed by atoms with Crippen molar-refractivity contribution >= 4 is 35.2 Å². The Kier molecular flexibility index (Phi) is 7.56. The molecule has 0 bridgehead atoms. The lowest BCUT2D eigenvalue weighted by Crippen LogP contribution is -2.56. The molecule has 0 N–H and O–H groups in total. The summed E-state index contributed by atoms with van der Waals surface area (Å²) in [5.41, 5.74) is -1.32. The number of carbonyl (C=O) groups is 2. The van der Waals surface area contributed by atoms with Crippen LogP contribution in [-0.4, -0.2) is 63.1 Å². The highest BCUT2D eigenvalue weighted by Crippen LogP contribution is 2.33. The number of ether oxygens (including phenoxy) is 2. The number of halogens is 1. The fourth-order valence-electron chi connectivity index (χ4n) is 3.03. The van der Waals surface area contributed by atoms with E-state index >= 15 is 0 Å². The van der Waals surface area contributed by atoms with E-state index in [0.717, 1.165) is 6.92 Å². The Balaban J connectivity index is 2.37. The normalized spacial score (nSPS) is 16.5. The first-order valence-electron chi connectivity index (χ1n) is 9.38. The Labute approximate surface area is 183 Å². The molecule has 2 heterocycles. The quantitative estimate of drug-likeness (QED) is 0.280. The first-order chi connectivity index (χ1) is 14.4. The molecule has 1 aromatic heterocycles. The van der Waals surface area contributed by atoms with Gasteiger partial charge in [-0.2, -0.15) is 10.2 Å². The number of esters is 1. The average molecular weight is 455 g/mol. The number of rotatable bonds is 5. The van der Waals surface area contributed by atoms with Crippen molar-refractivity contribution in [3.05, 3.63) is 21.1 Å². The molecular formula is C18H23ClN6O6. The van der Waals surface area contributed by atoms with Crippen molar-refractivity contribution in [3.63, 3.8) is 0 Å². The van der Waals surface area contributed by atoms with Crippen molar-refractivity contribution < 1.29 is 24.0 Å². The summed E-state index contributed by atoms with van der Waals surface area (Å²) >= 11 is 5.96. The van der Waals surface area contributed by atoms with Crippen LogP contribution >= 0.6 is 11.6 Å². The maximum atomic E-state index is 12.5. The van der Waals surface area contributed by atoms with Crippen LogP contribution in [0.3, 0.4) is 0 Å². The van der Waals surface area contributed by atoms with Gasteiger partial charge in [0.2, 0.25) is 11.1 Å². The molecule has 0 aliphatic carbocycles. The summed E-state index contributed by atoms with van der Waals surface area (Å²) in [5.74, 6) is -0.704. The molecule has 0 saturated carbocycles. The van der Waals surface area contributed by atoms with Gasteiger partial charge >= 0.3 is 17.7 Å². The number of aromatic nitrogens is 2. The first kappa shape index (κ1) is 24.1. The molecule has 1 aromatic rings. The van der Waals surface area contributed by atoms with Gasteiger partial charge in [0, 0.05) is 26.6 Å². The molecule has 1 amide bonds. The van der Waals surface area contributed by atoms with Crippen molar-refractivity contribution in [3.8, 4) is 6.07 Å². The summed E-state index contributed by atoms with van der Waals surface area (Å²) in [7, 11) is 0. The van der Waals surface area contributed by atoms with E-state index in [4.69, 9.17) is 21.1 Å². The number of piperazine rings is 1. The molecule has 1 aliphatic heterocycles. The second-order valence-electron chi connectivity index (χ2n) is 7.78. The Morgan fingerprint density at radius 1 is 1.35 bits per heavy atom. The lowest BCUT2D eigenvalue weighted by atomic mass is 10.1. The molecule has 2 rings (SSSR count). The van der Waals surface area contributed by atoms with E-state index in [0.29, 0.717) is 0 Å². The predicted octanol–water partition coefficient (Wildman–Crippen LogP) is 2.44. The molecular weight excluding hydrogens is 432 g/mol. The number of nitrogens with zero attached hydrogens (tertiary/aromatic N) is 6. The van der Waals surface area contributed by atoms with Gasteiger partial charge in [-0.25, -0.2) is 9.78 Å². The van der Waals surface area contributed by atoms with E-state index in [-0.39, 0.29) is 42.9 Å². The van der Waals surface area contributed by atoms with E-state index in [9.17, 15) is 25.0 Å². The van der Waals surface area contributed by atoms with Crippen molar-refractivity contribution in [2.45, 2.75) is 52.4 Å². The first-order valence-corrected chi connectivity index (χ1v) is 9.76. The maximum Gasteiger partial charge on any atom is 0.410 e. The van der Waals surface area contributed by atoms with Crippen LogP contribution in [0.5, 0.6) is 0 Å². The van der Waals surface area contributed by atoms with E-state index in [1.54, 1.807) is 25.7 Å². The summed E-state index contributed by atoms with van der Waals surface area (Å²) in [5, 5.41) is 20.7. The minimum Gasteiger partial charge on any atom is -0.459 e. The van der Waals surface area contributed by atoms with Gasteiger partial charge in [0.25, 0.3) is 0 Å². The highest BCUT2D eigenvalue weighted by Gasteiger charge is 2.37. The third-order valence-electron chi connectivity index (χ3n) is 4.24. The van der Waals surface area contributed by atoms with E-state index in [1.807, 2.05) is 6.07 Å². The highest BCUT2D eigenvalue weighted by atomic mass is 35.5. The molecule has 0 spiro atoms. The van der Waals surface area contributed by atoms with Gasteiger partial charge in [0.05, 0.1) is 23.5 Å². The number of anilines is 1. The zero-order chi connectivity index (χ0) is 23.3. The standard InChI is InChI=1S/C18H23ClN6O6/c1-11(26)30-10-13-14(25(28)29)15(22-16(19)21-13)23-7-8-24(12(9-23)5-6-20)17(27)31-18(2,3)4/h12H,5,7-10H2,1-4H3. The van der Waals surface area contributed by atoms with Crippen molar-refractivity contribution in [1.82, 2.24) is 14.9 Å². The average Bonchev–Trinajstić information content (AvgIpc) is 2.64. The fraction of sp³-hybridized carbons (Fsp3) is 0.611. The van der Waals surface area contributed by atoms with Crippen molar-refractivity contribution in [2.24, 2.45) is 0 Å². The minimum absolute atomic E-state index is 0.0112. The second kappa shape index (κ2) is 9.74. The largest absolute Gasteiger partial charge is 0.459 e. The van der Waals surface area contributed by atoms with Crippen LogP contribution in [0.2, 0.25) is 5.28 Å². The molecule has 0 radical (unpaired) electrons. The van der Waals surface area contributed by atoms with Crippen LogP contribution in [0.1, 0.15) is 39.8 Å². The molecule has 168 valence electrons. The van der Waals surface area contributed by atoms with Crippen molar-refractivity contribution in [1.29, 1.82) is 5.26 Å². The van der Waals surface area contributed by atoms with Gasteiger partial charge in [-0.15, -0.1) is 0 Å². The molecule has 1 fully saturated rings. The summed E-state index contributed by atoms with van der Waals surface area (Å²) in [6.07, 6.45) is -0.582. The summed E-state index contributed by atoms with van der Waals surface area (Å²) in [6.45, 7) is 6.35. The van der Waals surface area contributed by atoms with Crippen LogP contribution < -0.4 is 4.90 Å². The predicted molar refractivity (Wildman–Crippen MR) is 108 cm³/mol. The SMILES string of the molecule is CC(=O)OCc1nc(Cl)nc(N2CCN(C(=O)OC(C)(C)C)C(CC#N)C2)c1[N+](=O)[O-]. The Hall–Kier alpha value is -3.20. The molecule has 13 heteroatoms. The Bertz CT molecular complexity index is 912. The van der Waals surface area contributed by atoms with Gasteiger partial charge in [0.15, 0.2) is 5.69 Å². The van der Waals surface area contributed by atoms with E-state index in [1.165, 1.54) is 4.90 Å². The molecule has 12 nitrogen and oxygen atoms in total. The number of amides is 1. The zero-order valence-corrected chi connectivity index (χ0v) is 18.4. The lowest BCUT2D eigenvalue weighted by molar-refractivity contribution is -0.385. The Morgan fingerprint density at radius 3 is 2.58 bits per heavy atom. The number of hydrogen-bond donors (Lipinski definition) is 0. The van der Waals surface area contributed by atoms with E-state index < -0.39 is 40.9 Å². The van der Waals surface area contributed by atoms with Gasteiger partial charge in [-0.1, -0.05) is 0 Å². The lowest BCUT2D eigenvalue weighted by Gasteiger charge is -2.41. The number of hydrogen-bond acceptors (Lipinski definition) is 10. The van der Waals surface area contributed by atoms with Crippen LogP contribution in [0.4, 0.5) is 16.3 Å². The molecule has 1 saturated heterocycles. The van der Waals surface area contributed by atoms with Crippen molar-refractivity contribution in [2.75, 3.05) is 24.5 Å². The third-order valence-corrected chi connectivity index (χ3v) is 4.41. The van der Waals surface area contributed by atoms with Crippen LogP contribution in [0.25, 0.3) is 0 Å². The topological polar surface area (TPSA) is 152 Å². The summed E-state index contributed by atoms with van der Waals surface area (Å²) < 4.78 is 10.3. The minimum atomic E-state index is -0.712. The second-order valence-corrected chi connectivity index (χ2v) is 8.12. The Morgan fingerprint density at radius 2 is 2.03 bits per heavy atom. The molecule has 31 heavy (non-hydrogen) atoms. The molecule has 0 aromatic carbocycles. The summed E-state index contributed by atoms with van der Waals surface area (Å²) in [4.78, 5) is 45.6. The number of carbonyl (C=O) groups excluding carboxylic acids is 2. The van der Waals surface area contributed by atoms with Gasteiger partial charge in [-0.05, 0) is 32.4 Å². The van der Waals surface area contributed by atoms with Gasteiger partial charge in [0.1, 0.15) is 12.2 Å². The van der Waals surface area contributed by atoms with Crippen LogP contribution in [0.15, 0.2) is 0 Å². The molecule has 1 unspecified atom stereocenters.